The minimum Gasteiger partial charge on any atom is -0.534 e. The quantitative estimate of drug-likeness (QED) is 0.0944. The number of thiol groups is 1. The first-order valence-corrected chi connectivity index (χ1v) is 7.07. The number of aromatic hydroxyl groups is 1. The van der Waals surface area contributed by atoms with Crippen molar-refractivity contribution < 1.29 is 59.1 Å². The predicted octanol–water partition coefficient (Wildman–Crippen LogP) is 0.172. The van der Waals surface area contributed by atoms with Crippen molar-refractivity contribution >= 4 is 24.4 Å². The number of ketones is 1. The van der Waals surface area contributed by atoms with E-state index in [1.807, 2.05) is 0 Å². The number of rotatable bonds is 6. The minimum absolute atomic E-state index is 0. The van der Waals surface area contributed by atoms with Crippen LogP contribution < -0.4 is 29.6 Å². The monoisotopic (exact) mass is 389 g/mol. The first-order chi connectivity index (χ1) is 12.0. The zero-order chi connectivity index (χ0) is 18.7. The van der Waals surface area contributed by atoms with Crippen LogP contribution in [0.25, 0.3) is 0 Å². The number of hydrogen-bond donors (Lipinski definition) is 3. The van der Waals surface area contributed by atoms with Gasteiger partial charge in [0.25, 0.3) is 0 Å². The van der Waals surface area contributed by atoms with E-state index in [-0.39, 0.29) is 41.1 Å². The molecule has 0 saturated heterocycles. The molecule has 0 aliphatic carbocycles. The van der Waals surface area contributed by atoms with Crippen LogP contribution in [0.15, 0.2) is 52.8 Å². The molecule has 0 spiro atoms. The number of nitrogens with zero attached hydrogens (tertiary/aromatic N) is 3. The third kappa shape index (κ3) is 9.27. The zero-order valence-corrected chi connectivity index (χ0v) is 17.3. The van der Waals surface area contributed by atoms with Gasteiger partial charge in [0.1, 0.15) is 0 Å². The Kier molecular flexibility index (Phi) is 12.9. The largest absolute Gasteiger partial charge is 1.00 e. The number of phenolic OH excluding ortho intramolecular Hbond substituents is 1. The molecule has 0 fully saturated rings. The number of hydrogen-bond acceptors (Lipinski definition) is 9. The fourth-order valence-electron chi connectivity index (χ4n) is 1.60. The molecule has 134 valence electrons. The zero-order valence-electron chi connectivity index (χ0n) is 14.4. The molecule has 0 amide bonds. The third-order valence-electron chi connectivity index (χ3n) is 2.58. The predicted molar refractivity (Wildman–Crippen MR) is 89.9 cm³/mol. The van der Waals surface area contributed by atoms with E-state index in [2.05, 4.69) is 43.7 Å². The number of phenols is 1. The molecule has 9 nitrogen and oxygen atoms in total. The van der Waals surface area contributed by atoms with E-state index in [0.717, 1.165) is 0 Å². The van der Waals surface area contributed by atoms with Gasteiger partial charge in [-0.25, -0.2) is 5.26 Å². The van der Waals surface area contributed by atoms with Crippen LogP contribution in [0, 0.1) is 6.07 Å². The summed E-state index contributed by atoms with van der Waals surface area (Å²) in [6.07, 6.45) is 0. The van der Waals surface area contributed by atoms with E-state index in [1.54, 1.807) is 49.4 Å². The van der Waals surface area contributed by atoms with Crippen molar-refractivity contribution in [3.8, 4) is 5.75 Å². The second-order valence-electron chi connectivity index (χ2n) is 4.59. The standard InChI is InChI=1S/C15H14N3O2.Na.H2O4S/c1-18(2)17-16-13-8-6-11(7-9-13)15(20)12-4-3-5-14(19)10-12;;1-2-3-4-5/h3-4,6-10,19H,1-2H3;;1,5H/q-1;+1;. The molecule has 0 unspecified atom stereocenters. The van der Waals surface area contributed by atoms with Crippen molar-refractivity contribution in [1.29, 1.82) is 0 Å². The molecule has 0 heterocycles. The molecule has 0 aliphatic heterocycles. The summed E-state index contributed by atoms with van der Waals surface area (Å²) >= 11 is 2.99. The minimum atomic E-state index is -0.162. The van der Waals surface area contributed by atoms with E-state index < -0.39 is 0 Å². The van der Waals surface area contributed by atoms with Crippen LogP contribution >= 0.6 is 12.9 Å². The Morgan fingerprint density at radius 1 is 1.19 bits per heavy atom. The average molecular weight is 389 g/mol. The first-order valence-electron chi connectivity index (χ1n) is 6.70. The first kappa shape index (κ1) is 24.5. The molecule has 2 N–H and O–H groups in total. The summed E-state index contributed by atoms with van der Waals surface area (Å²) in [5, 5.41) is 32.1. The second kappa shape index (κ2) is 13.7. The molecule has 11 heteroatoms. The molecule has 0 saturated carbocycles. The van der Waals surface area contributed by atoms with E-state index in [1.165, 1.54) is 12.1 Å². The molecule has 2 aromatic carbocycles. The molecular formula is C15H16N3NaO6S. The SMILES string of the molecule is CN(C)N=Nc1ccc(C(=O)c2cc[c-]c(O)c2)cc1.OOOOS.[Na+]. The van der Waals surface area contributed by atoms with Crippen molar-refractivity contribution in [1.82, 2.24) is 5.01 Å². The van der Waals surface area contributed by atoms with Crippen molar-refractivity contribution in [3.63, 3.8) is 0 Å². The van der Waals surface area contributed by atoms with E-state index >= 15 is 0 Å². The van der Waals surface area contributed by atoms with Crippen molar-refractivity contribution in [2.75, 3.05) is 14.1 Å². The van der Waals surface area contributed by atoms with Gasteiger partial charge in [0.15, 0.2) is 5.78 Å². The summed E-state index contributed by atoms with van der Waals surface area (Å²) in [4.78, 5) is 12.2. The van der Waals surface area contributed by atoms with Gasteiger partial charge < -0.3 is 5.11 Å². The summed E-state index contributed by atoms with van der Waals surface area (Å²) in [5.41, 5.74) is 1.61. The van der Waals surface area contributed by atoms with Crippen LogP contribution in [0.3, 0.4) is 0 Å². The van der Waals surface area contributed by atoms with Crippen LogP contribution in [0.2, 0.25) is 0 Å². The number of carbonyl (C=O) groups is 1. The Labute approximate surface area is 177 Å². The summed E-state index contributed by atoms with van der Waals surface area (Å²) < 4.78 is 3.41. The summed E-state index contributed by atoms with van der Waals surface area (Å²) in [6.45, 7) is 0. The van der Waals surface area contributed by atoms with Gasteiger partial charge in [0, 0.05) is 38.3 Å². The summed E-state index contributed by atoms with van der Waals surface area (Å²) in [7, 11) is 3.56. The van der Waals surface area contributed by atoms with Crippen LogP contribution in [-0.2, 0) is 14.4 Å². The van der Waals surface area contributed by atoms with Gasteiger partial charge in [-0.15, -0.1) is 21.6 Å². The Balaban J connectivity index is 0.000000923. The van der Waals surface area contributed by atoms with Gasteiger partial charge in [0.2, 0.25) is 0 Å². The summed E-state index contributed by atoms with van der Waals surface area (Å²) in [6, 6.07) is 13.9. The second-order valence-corrected chi connectivity index (χ2v) is 4.74. The van der Waals surface area contributed by atoms with Crippen LogP contribution in [0.5, 0.6) is 5.75 Å². The van der Waals surface area contributed by atoms with Crippen LogP contribution in [0.4, 0.5) is 5.69 Å². The maximum atomic E-state index is 12.2. The fraction of sp³-hybridized carbons (Fsp3) is 0.133. The van der Waals surface area contributed by atoms with Gasteiger partial charge in [-0.05, 0) is 34.3 Å². The van der Waals surface area contributed by atoms with Gasteiger partial charge in [0.05, 0.1) is 5.69 Å². The molecule has 0 aliphatic rings. The molecular weight excluding hydrogens is 373 g/mol. The molecule has 0 aromatic heterocycles. The molecule has 2 aromatic rings. The Morgan fingerprint density at radius 2 is 1.85 bits per heavy atom. The fourth-order valence-corrected chi connectivity index (χ4v) is 1.62. The average Bonchev–Trinajstić information content (AvgIpc) is 2.61. The van der Waals surface area contributed by atoms with E-state index in [9.17, 15) is 9.90 Å². The van der Waals surface area contributed by atoms with Crippen LogP contribution in [-0.4, -0.2) is 35.3 Å². The van der Waals surface area contributed by atoms with Crippen molar-refractivity contribution in [2.45, 2.75) is 0 Å². The topological polar surface area (TPSA) is 113 Å². The van der Waals surface area contributed by atoms with Gasteiger partial charge in [-0.3, -0.25) is 9.80 Å². The van der Waals surface area contributed by atoms with Crippen molar-refractivity contribution in [3.05, 3.63) is 59.7 Å². The molecule has 0 radical (unpaired) electrons. The third-order valence-corrected chi connectivity index (χ3v) is 2.64. The van der Waals surface area contributed by atoms with Gasteiger partial charge >= 0.3 is 29.6 Å². The Hall–Kier alpha value is -1.50. The number of benzene rings is 2. The van der Waals surface area contributed by atoms with E-state index in [0.29, 0.717) is 16.8 Å². The molecule has 0 atom stereocenters. The Morgan fingerprint density at radius 3 is 2.31 bits per heavy atom. The maximum Gasteiger partial charge on any atom is 1.00 e. The van der Waals surface area contributed by atoms with Crippen molar-refractivity contribution in [2.24, 2.45) is 10.3 Å². The molecule has 26 heavy (non-hydrogen) atoms. The van der Waals surface area contributed by atoms with Crippen LogP contribution in [0.1, 0.15) is 15.9 Å². The molecule has 0 bridgehead atoms. The van der Waals surface area contributed by atoms with E-state index in [4.69, 9.17) is 5.26 Å². The van der Waals surface area contributed by atoms with Gasteiger partial charge in [-0.2, -0.15) is 12.1 Å². The number of carbonyl (C=O) groups excluding carboxylic acids is 1. The Bertz CT molecular complexity index is 698. The maximum absolute atomic E-state index is 12.2. The smallest absolute Gasteiger partial charge is 0.534 e. The normalized spacial score (nSPS) is 9.85. The van der Waals surface area contributed by atoms with Gasteiger partial charge in [-0.1, -0.05) is 10.8 Å². The molecule has 2 rings (SSSR count). The summed E-state index contributed by atoms with van der Waals surface area (Å²) in [5.74, 6) is -0.211.